The number of anilines is 1. The van der Waals surface area contributed by atoms with Crippen LogP contribution in [0.5, 0.6) is 11.5 Å². The van der Waals surface area contributed by atoms with E-state index < -0.39 is 12.0 Å². The van der Waals surface area contributed by atoms with E-state index in [4.69, 9.17) is 21.1 Å². The van der Waals surface area contributed by atoms with E-state index in [1.54, 1.807) is 20.3 Å². The number of benzene rings is 3. The molecule has 0 aromatic heterocycles. The summed E-state index contributed by atoms with van der Waals surface area (Å²) in [4.78, 5) is 30.3. The third-order valence-electron chi connectivity index (χ3n) is 7.82. The lowest BCUT2D eigenvalue weighted by Gasteiger charge is -2.46. The highest BCUT2D eigenvalue weighted by Crippen LogP contribution is 2.46. The largest absolute Gasteiger partial charge is 0.497 e. The Morgan fingerprint density at radius 3 is 2.37 bits per heavy atom. The Balaban J connectivity index is 1.64. The van der Waals surface area contributed by atoms with Gasteiger partial charge in [-0.25, -0.2) is 0 Å². The maximum Gasteiger partial charge on any atom is 0.254 e. The first kappa shape index (κ1) is 26.1. The van der Waals surface area contributed by atoms with E-state index in [1.807, 2.05) is 66.4 Å². The van der Waals surface area contributed by atoms with E-state index in [-0.39, 0.29) is 17.9 Å². The molecule has 2 aliphatic rings. The monoisotopic (exact) mass is 532 g/mol. The number of nitrogens with one attached hydrogen (secondary N) is 1. The molecule has 0 spiro atoms. The number of nitrogens with zero attached hydrogens (tertiary/aromatic N) is 1. The highest BCUT2D eigenvalue weighted by molar-refractivity contribution is 6.31. The highest BCUT2D eigenvalue weighted by Gasteiger charge is 2.46. The second kappa shape index (κ2) is 11.1. The molecule has 2 amide bonds. The van der Waals surface area contributed by atoms with Gasteiger partial charge in [0.1, 0.15) is 11.5 Å². The number of aryl methyl sites for hydroxylation is 1. The van der Waals surface area contributed by atoms with Crippen LogP contribution in [0.15, 0.2) is 60.7 Å². The average Bonchev–Trinajstić information content (AvgIpc) is 2.95. The molecular weight excluding hydrogens is 500 g/mol. The number of rotatable bonds is 6. The van der Waals surface area contributed by atoms with Crippen LogP contribution in [0.1, 0.15) is 71.1 Å². The first-order valence-electron chi connectivity index (χ1n) is 13.1. The van der Waals surface area contributed by atoms with Crippen LogP contribution in [-0.4, -0.2) is 37.0 Å². The second-order valence-corrected chi connectivity index (χ2v) is 10.5. The molecule has 0 unspecified atom stereocenters. The predicted octanol–water partition coefficient (Wildman–Crippen LogP) is 6.92. The van der Waals surface area contributed by atoms with Crippen LogP contribution in [0.3, 0.4) is 0 Å². The Kier molecular flexibility index (Phi) is 7.61. The van der Waals surface area contributed by atoms with Gasteiger partial charge < -0.3 is 19.7 Å². The van der Waals surface area contributed by atoms with Crippen LogP contribution in [0.4, 0.5) is 5.69 Å². The molecule has 0 radical (unpaired) electrons. The van der Waals surface area contributed by atoms with Crippen LogP contribution in [-0.2, 0) is 4.79 Å². The molecule has 1 saturated carbocycles. The summed E-state index contributed by atoms with van der Waals surface area (Å²) >= 11 is 6.32. The lowest BCUT2D eigenvalue weighted by molar-refractivity contribution is -0.119. The van der Waals surface area contributed by atoms with Crippen molar-refractivity contribution in [3.05, 3.63) is 87.9 Å². The second-order valence-electron chi connectivity index (χ2n) is 10.1. The summed E-state index contributed by atoms with van der Waals surface area (Å²) in [7, 11) is 3.18. The number of halogens is 1. The third kappa shape index (κ3) is 4.85. The SMILES string of the molecule is COc1ccc([C@@H]2[C@H](C(=O)Nc3cc(C)c(Cl)cc3OC)c3ccccc3C(=O)N2C2CCCCC2)cc1. The number of hydrogen-bond acceptors (Lipinski definition) is 4. The standard InChI is InChI=1S/C31H33ClN2O4/c1-19-17-26(27(38-3)18-25(19)32)33-30(35)28-23-11-7-8-12-24(23)31(36)34(21-9-5-4-6-10-21)29(28)20-13-15-22(37-2)16-14-20/h7-8,11-18,21,28-29H,4-6,9-10H2,1-3H3,(H,33,35)/t28-,29-/m1/s1. The van der Waals surface area contributed by atoms with Crippen molar-refractivity contribution in [2.24, 2.45) is 0 Å². The van der Waals surface area contributed by atoms with E-state index >= 15 is 0 Å². The fourth-order valence-corrected chi connectivity index (χ4v) is 6.04. The van der Waals surface area contributed by atoms with Crippen molar-refractivity contribution in [1.82, 2.24) is 4.90 Å². The molecule has 1 heterocycles. The summed E-state index contributed by atoms with van der Waals surface area (Å²) in [5.41, 5.74) is 3.59. The molecule has 3 aromatic rings. The molecule has 0 bridgehead atoms. The van der Waals surface area contributed by atoms with E-state index in [0.29, 0.717) is 22.0 Å². The Bertz CT molecular complexity index is 1330. The maximum absolute atomic E-state index is 14.3. The number of ether oxygens (including phenoxy) is 2. The zero-order chi connectivity index (χ0) is 26.8. The first-order valence-corrected chi connectivity index (χ1v) is 13.5. The van der Waals surface area contributed by atoms with Crippen molar-refractivity contribution in [3.8, 4) is 11.5 Å². The molecule has 1 N–H and O–H groups in total. The molecular formula is C31H33ClN2O4. The van der Waals surface area contributed by atoms with Crippen molar-refractivity contribution in [3.63, 3.8) is 0 Å². The molecule has 6 nitrogen and oxygen atoms in total. The summed E-state index contributed by atoms with van der Waals surface area (Å²) in [6, 6.07) is 18.3. The van der Waals surface area contributed by atoms with E-state index in [9.17, 15) is 9.59 Å². The van der Waals surface area contributed by atoms with Crippen LogP contribution in [0.25, 0.3) is 0 Å². The Labute approximate surface area is 228 Å². The Hall–Kier alpha value is -3.51. The number of methoxy groups -OCH3 is 2. The van der Waals surface area contributed by atoms with Gasteiger partial charge in [0, 0.05) is 22.7 Å². The minimum absolute atomic E-state index is 0.0164. The van der Waals surface area contributed by atoms with Crippen LogP contribution in [0, 0.1) is 6.92 Å². The van der Waals surface area contributed by atoms with Crippen LogP contribution >= 0.6 is 11.6 Å². The zero-order valence-electron chi connectivity index (χ0n) is 22.0. The average molecular weight is 533 g/mol. The number of carbonyl (C=O) groups excluding carboxylic acids is 2. The Morgan fingerprint density at radius 1 is 0.974 bits per heavy atom. The van der Waals surface area contributed by atoms with Gasteiger partial charge in [-0.3, -0.25) is 9.59 Å². The van der Waals surface area contributed by atoms with Gasteiger partial charge in [0.15, 0.2) is 0 Å². The normalized spacial score (nSPS) is 19.6. The molecule has 2 atom stereocenters. The van der Waals surface area contributed by atoms with Gasteiger partial charge in [0.2, 0.25) is 5.91 Å². The summed E-state index contributed by atoms with van der Waals surface area (Å²) in [5.74, 6) is 0.367. The number of carbonyl (C=O) groups is 2. The van der Waals surface area contributed by atoms with E-state index in [0.717, 1.165) is 48.1 Å². The molecule has 3 aromatic carbocycles. The predicted molar refractivity (Wildman–Crippen MR) is 149 cm³/mol. The Morgan fingerprint density at radius 2 is 1.68 bits per heavy atom. The number of fused-ring (bicyclic) bond motifs is 1. The van der Waals surface area contributed by atoms with Crippen molar-refractivity contribution >= 4 is 29.1 Å². The van der Waals surface area contributed by atoms with Crippen molar-refractivity contribution < 1.29 is 19.1 Å². The van der Waals surface area contributed by atoms with E-state index in [1.165, 1.54) is 6.42 Å². The molecule has 198 valence electrons. The van der Waals surface area contributed by atoms with Crippen molar-refractivity contribution in [2.75, 3.05) is 19.5 Å². The van der Waals surface area contributed by atoms with Gasteiger partial charge in [0.05, 0.1) is 31.9 Å². The minimum Gasteiger partial charge on any atom is -0.497 e. The summed E-state index contributed by atoms with van der Waals surface area (Å²) < 4.78 is 10.9. The zero-order valence-corrected chi connectivity index (χ0v) is 22.8. The fraction of sp³-hybridized carbons (Fsp3) is 0.355. The third-order valence-corrected chi connectivity index (χ3v) is 8.23. The lowest BCUT2D eigenvalue weighted by atomic mass is 9.77. The molecule has 1 aliphatic heterocycles. The molecule has 0 saturated heterocycles. The highest BCUT2D eigenvalue weighted by atomic mass is 35.5. The smallest absolute Gasteiger partial charge is 0.254 e. The van der Waals surface area contributed by atoms with Gasteiger partial charge in [-0.05, 0) is 60.7 Å². The van der Waals surface area contributed by atoms with Gasteiger partial charge in [0.25, 0.3) is 5.91 Å². The molecule has 38 heavy (non-hydrogen) atoms. The number of hydrogen-bond donors (Lipinski definition) is 1. The summed E-state index contributed by atoms with van der Waals surface area (Å²) in [5, 5.41) is 3.68. The fourth-order valence-electron chi connectivity index (χ4n) is 5.89. The molecule has 5 rings (SSSR count). The molecule has 7 heteroatoms. The van der Waals surface area contributed by atoms with Crippen molar-refractivity contribution in [2.45, 2.75) is 57.0 Å². The topological polar surface area (TPSA) is 67.9 Å². The molecule has 1 fully saturated rings. The van der Waals surface area contributed by atoms with Gasteiger partial charge >= 0.3 is 0 Å². The van der Waals surface area contributed by atoms with Crippen LogP contribution < -0.4 is 14.8 Å². The first-order chi connectivity index (χ1) is 18.4. The molecule has 1 aliphatic carbocycles. The minimum atomic E-state index is -0.625. The lowest BCUT2D eigenvalue weighted by Crippen LogP contribution is -2.51. The van der Waals surface area contributed by atoms with Crippen molar-refractivity contribution in [1.29, 1.82) is 0 Å². The van der Waals surface area contributed by atoms with Gasteiger partial charge in [-0.15, -0.1) is 0 Å². The maximum atomic E-state index is 14.3. The number of amides is 2. The summed E-state index contributed by atoms with van der Waals surface area (Å²) in [6.07, 6.45) is 5.17. The van der Waals surface area contributed by atoms with Gasteiger partial charge in [-0.1, -0.05) is 61.2 Å². The quantitative estimate of drug-likeness (QED) is 0.374. The van der Waals surface area contributed by atoms with Gasteiger partial charge in [-0.2, -0.15) is 0 Å². The van der Waals surface area contributed by atoms with E-state index in [2.05, 4.69) is 5.32 Å². The van der Waals surface area contributed by atoms with Crippen LogP contribution in [0.2, 0.25) is 5.02 Å². The summed E-state index contributed by atoms with van der Waals surface area (Å²) in [6.45, 7) is 1.89.